The van der Waals surface area contributed by atoms with Crippen molar-refractivity contribution in [1.82, 2.24) is 5.09 Å². The third-order valence-corrected chi connectivity index (χ3v) is 1.62. The van der Waals surface area contributed by atoms with Gasteiger partial charge in [0.1, 0.15) is 0 Å². The molecule has 0 fully saturated rings. The van der Waals surface area contributed by atoms with Crippen LogP contribution in [0.5, 0.6) is 0 Å². The molecule has 0 aromatic rings. The van der Waals surface area contributed by atoms with Crippen molar-refractivity contribution >= 4 is 15.3 Å². The monoisotopic (exact) mass is 193 g/mol. The van der Waals surface area contributed by atoms with Crippen molar-refractivity contribution in [1.29, 1.82) is 0 Å². The maximum absolute atomic E-state index is 10.7. The van der Waals surface area contributed by atoms with Crippen LogP contribution >= 0.6 is 9.39 Å². The van der Waals surface area contributed by atoms with E-state index < -0.39 is 0 Å². The number of aliphatic hydroxyl groups is 1. The molecule has 0 rings (SSSR count). The van der Waals surface area contributed by atoms with E-state index in [1.54, 1.807) is 0 Å². The maximum Gasteiger partial charge on any atom is 0.222 e. The molecule has 0 heterocycles. The van der Waals surface area contributed by atoms with Gasteiger partial charge >= 0.3 is 0 Å². The lowest BCUT2D eigenvalue weighted by Crippen LogP contribution is -2.12. The Morgan fingerprint density at radius 1 is 1.42 bits per heavy atom. The van der Waals surface area contributed by atoms with Gasteiger partial charge in [-0.1, -0.05) is 0 Å². The SMILES string of the molecule is O=C(CCCOCCCO)NP. The van der Waals surface area contributed by atoms with Gasteiger partial charge in [0.05, 0.1) is 0 Å². The Kier molecular flexibility index (Phi) is 8.78. The van der Waals surface area contributed by atoms with Crippen molar-refractivity contribution in [3.05, 3.63) is 0 Å². The Balaban J connectivity index is 2.95. The summed E-state index contributed by atoms with van der Waals surface area (Å²) >= 11 is 0. The average Bonchev–Trinajstić information content (AvgIpc) is 2.10. The zero-order chi connectivity index (χ0) is 9.23. The maximum atomic E-state index is 10.7. The van der Waals surface area contributed by atoms with Crippen molar-refractivity contribution in [2.75, 3.05) is 19.8 Å². The number of rotatable bonds is 7. The van der Waals surface area contributed by atoms with Crippen molar-refractivity contribution in [2.24, 2.45) is 0 Å². The lowest BCUT2D eigenvalue weighted by Gasteiger charge is -2.01. The predicted molar refractivity (Wildman–Crippen MR) is 49.6 cm³/mol. The van der Waals surface area contributed by atoms with E-state index in [4.69, 9.17) is 9.84 Å². The number of ether oxygens (including phenoxy) is 1. The minimum absolute atomic E-state index is 0.00533. The lowest BCUT2D eigenvalue weighted by molar-refractivity contribution is -0.119. The van der Waals surface area contributed by atoms with Crippen LogP contribution in [0.3, 0.4) is 0 Å². The second kappa shape index (κ2) is 8.91. The Hall–Kier alpha value is -0.180. The minimum Gasteiger partial charge on any atom is -0.396 e. The summed E-state index contributed by atoms with van der Waals surface area (Å²) in [5.41, 5.74) is 0. The number of carbonyl (C=O) groups excluding carboxylic acids is 1. The van der Waals surface area contributed by atoms with Gasteiger partial charge in [0.2, 0.25) is 5.91 Å². The molecule has 72 valence electrons. The fourth-order valence-corrected chi connectivity index (χ4v) is 0.820. The quantitative estimate of drug-likeness (QED) is 0.444. The predicted octanol–water partition coefficient (Wildman–Crippen LogP) is 0.0719. The largest absolute Gasteiger partial charge is 0.396 e. The lowest BCUT2D eigenvalue weighted by atomic mass is 10.3. The van der Waals surface area contributed by atoms with Crippen LogP contribution in [0.4, 0.5) is 0 Å². The molecule has 1 amide bonds. The van der Waals surface area contributed by atoms with Gasteiger partial charge in [-0.15, -0.1) is 0 Å². The van der Waals surface area contributed by atoms with Crippen LogP contribution in [0.1, 0.15) is 19.3 Å². The highest BCUT2D eigenvalue weighted by atomic mass is 31.0. The van der Waals surface area contributed by atoms with E-state index in [2.05, 4.69) is 14.5 Å². The van der Waals surface area contributed by atoms with E-state index in [0.29, 0.717) is 26.1 Å². The van der Waals surface area contributed by atoms with Gasteiger partial charge in [-0.05, 0) is 22.2 Å². The average molecular weight is 193 g/mol. The third kappa shape index (κ3) is 7.92. The van der Waals surface area contributed by atoms with E-state index in [9.17, 15) is 4.79 Å². The summed E-state index contributed by atoms with van der Waals surface area (Å²) in [4.78, 5) is 10.7. The zero-order valence-corrected chi connectivity index (χ0v) is 8.24. The molecule has 0 saturated carbocycles. The molecule has 12 heavy (non-hydrogen) atoms. The molecule has 1 atom stereocenters. The Morgan fingerprint density at radius 2 is 2.08 bits per heavy atom. The third-order valence-electron chi connectivity index (χ3n) is 1.30. The molecular formula is C7H16NO3P. The zero-order valence-electron chi connectivity index (χ0n) is 7.08. The molecule has 2 N–H and O–H groups in total. The first-order valence-corrected chi connectivity index (χ1v) is 4.57. The molecule has 0 saturated heterocycles. The first-order chi connectivity index (χ1) is 5.81. The van der Waals surface area contributed by atoms with Gasteiger partial charge in [-0.25, -0.2) is 0 Å². The van der Waals surface area contributed by atoms with Gasteiger partial charge in [0.25, 0.3) is 0 Å². The molecule has 0 aliphatic heterocycles. The number of carbonyl (C=O) groups is 1. The molecule has 0 aromatic heterocycles. The summed E-state index contributed by atoms with van der Waals surface area (Å²) in [6, 6.07) is 0. The minimum atomic E-state index is 0.00533. The highest BCUT2D eigenvalue weighted by Gasteiger charge is 1.96. The van der Waals surface area contributed by atoms with E-state index in [1.165, 1.54) is 0 Å². The van der Waals surface area contributed by atoms with E-state index in [1.807, 2.05) is 0 Å². The number of amides is 1. The molecule has 0 aromatic carbocycles. The van der Waals surface area contributed by atoms with Gasteiger partial charge in [0, 0.05) is 26.2 Å². The van der Waals surface area contributed by atoms with E-state index in [-0.39, 0.29) is 12.5 Å². The van der Waals surface area contributed by atoms with E-state index in [0.717, 1.165) is 6.42 Å². The Bertz CT molecular complexity index is 121. The number of aliphatic hydroxyl groups excluding tert-OH is 1. The molecule has 4 nitrogen and oxygen atoms in total. The Labute approximate surface area is 74.9 Å². The smallest absolute Gasteiger partial charge is 0.222 e. The van der Waals surface area contributed by atoms with Crippen LogP contribution in [0, 0.1) is 0 Å². The molecule has 1 unspecified atom stereocenters. The van der Waals surface area contributed by atoms with Crippen LogP contribution < -0.4 is 5.09 Å². The van der Waals surface area contributed by atoms with Crippen LogP contribution in [-0.2, 0) is 9.53 Å². The highest BCUT2D eigenvalue weighted by molar-refractivity contribution is 7.15. The molecule has 0 aliphatic rings. The molecule has 0 radical (unpaired) electrons. The number of hydrogen-bond donors (Lipinski definition) is 2. The summed E-state index contributed by atoms with van der Waals surface area (Å²) < 4.78 is 5.12. The van der Waals surface area contributed by atoms with Crippen LogP contribution in [0.15, 0.2) is 0 Å². The van der Waals surface area contributed by atoms with Crippen LogP contribution in [0.2, 0.25) is 0 Å². The van der Waals surface area contributed by atoms with Gasteiger partial charge in [-0.3, -0.25) is 4.79 Å². The summed E-state index contributed by atoms with van der Waals surface area (Å²) in [6.07, 6.45) is 1.88. The topological polar surface area (TPSA) is 58.6 Å². The molecule has 0 aliphatic carbocycles. The van der Waals surface area contributed by atoms with Crippen molar-refractivity contribution in [2.45, 2.75) is 19.3 Å². The first kappa shape index (κ1) is 11.8. The second-order valence-electron chi connectivity index (χ2n) is 2.36. The van der Waals surface area contributed by atoms with Gasteiger partial charge in [-0.2, -0.15) is 0 Å². The van der Waals surface area contributed by atoms with E-state index >= 15 is 0 Å². The number of nitrogens with one attached hydrogen (secondary N) is 1. The van der Waals surface area contributed by atoms with Crippen molar-refractivity contribution < 1.29 is 14.6 Å². The first-order valence-electron chi connectivity index (χ1n) is 3.99. The normalized spacial score (nSPS) is 9.83. The fourth-order valence-electron chi connectivity index (χ4n) is 0.676. The second-order valence-corrected chi connectivity index (χ2v) is 2.65. The van der Waals surface area contributed by atoms with Crippen molar-refractivity contribution in [3.63, 3.8) is 0 Å². The molecule has 0 bridgehead atoms. The summed E-state index contributed by atoms with van der Waals surface area (Å²) in [6.45, 7) is 1.31. The summed E-state index contributed by atoms with van der Waals surface area (Å²) in [5.74, 6) is 0.00533. The number of hydrogen-bond acceptors (Lipinski definition) is 3. The highest BCUT2D eigenvalue weighted by Crippen LogP contribution is 1.92. The standard InChI is InChI=1S/C7H16NO3P/c9-4-2-6-11-5-1-3-7(10)8-12/h9H,1-6,12H2,(H,8,10). The molecule has 5 heteroatoms. The fraction of sp³-hybridized carbons (Fsp3) is 0.857. The molecule has 0 spiro atoms. The van der Waals surface area contributed by atoms with Crippen LogP contribution in [0.25, 0.3) is 0 Å². The van der Waals surface area contributed by atoms with Gasteiger partial charge in [0.15, 0.2) is 0 Å². The molecular weight excluding hydrogens is 177 g/mol. The van der Waals surface area contributed by atoms with Gasteiger partial charge < -0.3 is 14.9 Å². The van der Waals surface area contributed by atoms with Crippen LogP contribution in [-0.4, -0.2) is 30.8 Å². The Morgan fingerprint density at radius 3 is 2.67 bits per heavy atom. The summed E-state index contributed by atoms with van der Waals surface area (Å²) in [7, 11) is 2.16. The summed E-state index contributed by atoms with van der Waals surface area (Å²) in [5, 5.41) is 10.9. The van der Waals surface area contributed by atoms with Crippen molar-refractivity contribution in [3.8, 4) is 0 Å².